The Morgan fingerprint density at radius 2 is 2.33 bits per heavy atom. The maximum atomic E-state index is 11.1. The number of unbranched alkanes of at least 4 members (excludes halogenated alkanes) is 1. The summed E-state index contributed by atoms with van der Waals surface area (Å²) in [4.78, 5) is 11.1. The summed E-state index contributed by atoms with van der Waals surface area (Å²) >= 11 is 0. The average Bonchev–Trinajstić information content (AvgIpc) is 2.07. The van der Waals surface area contributed by atoms with E-state index in [1.54, 1.807) is 6.92 Å². The number of carbonyl (C=O) groups is 1. The molecule has 0 aromatic heterocycles. The molecule has 0 saturated heterocycles. The fourth-order valence-corrected chi connectivity index (χ4v) is 0.720. The van der Waals surface area contributed by atoms with Crippen molar-refractivity contribution >= 4 is 5.91 Å². The van der Waals surface area contributed by atoms with E-state index < -0.39 is 0 Å². The van der Waals surface area contributed by atoms with Crippen LogP contribution in [0.15, 0.2) is 11.6 Å². The van der Waals surface area contributed by atoms with E-state index in [1.807, 2.05) is 13.0 Å². The summed E-state index contributed by atoms with van der Waals surface area (Å²) in [7, 11) is 0. The Labute approximate surface area is 73.1 Å². The largest absolute Gasteiger partial charge is 0.351 e. The van der Waals surface area contributed by atoms with Crippen molar-refractivity contribution in [2.45, 2.75) is 26.7 Å². The highest BCUT2D eigenvalue weighted by Crippen LogP contribution is 1.91. The first kappa shape index (κ1) is 10.7. The van der Waals surface area contributed by atoms with Gasteiger partial charge in [0.05, 0.1) is 0 Å². The van der Waals surface area contributed by atoms with Gasteiger partial charge in [-0.05, 0) is 13.3 Å². The average molecular weight is 166 g/mol. The second-order valence-electron chi connectivity index (χ2n) is 2.42. The first-order valence-corrected chi connectivity index (χ1v) is 4.10. The zero-order chi connectivity index (χ0) is 9.40. The van der Waals surface area contributed by atoms with Crippen LogP contribution in [0.1, 0.15) is 26.7 Å². The molecule has 0 aliphatic heterocycles. The van der Waals surface area contributed by atoms with Crippen LogP contribution in [0.5, 0.6) is 0 Å². The second-order valence-corrected chi connectivity index (χ2v) is 2.42. The van der Waals surface area contributed by atoms with Crippen molar-refractivity contribution in [2.75, 3.05) is 6.54 Å². The van der Waals surface area contributed by atoms with Crippen LogP contribution in [0, 0.1) is 11.3 Å². The van der Waals surface area contributed by atoms with Crippen LogP contribution in [0.4, 0.5) is 0 Å². The zero-order valence-corrected chi connectivity index (χ0v) is 7.55. The summed E-state index contributed by atoms with van der Waals surface area (Å²) in [5, 5.41) is 11.1. The van der Waals surface area contributed by atoms with Crippen LogP contribution >= 0.6 is 0 Å². The first-order chi connectivity index (χ1) is 5.76. The lowest BCUT2D eigenvalue weighted by molar-refractivity contribution is -0.117. The number of carbonyl (C=O) groups excluding carboxylic acids is 1. The molecule has 0 spiro atoms. The molecule has 12 heavy (non-hydrogen) atoms. The summed E-state index contributed by atoms with van der Waals surface area (Å²) in [5.74, 6) is -0.270. The molecular weight excluding hydrogens is 152 g/mol. The Hall–Kier alpha value is -1.30. The topological polar surface area (TPSA) is 52.9 Å². The lowest BCUT2D eigenvalue weighted by Crippen LogP contribution is -2.25. The summed E-state index contributed by atoms with van der Waals surface area (Å²) < 4.78 is 0. The van der Waals surface area contributed by atoms with Gasteiger partial charge in [-0.25, -0.2) is 0 Å². The Bertz CT molecular complexity index is 213. The molecule has 0 aliphatic rings. The van der Waals surface area contributed by atoms with E-state index in [-0.39, 0.29) is 11.5 Å². The number of nitriles is 1. The highest BCUT2D eigenvalue weighted by Gasteiger charge is 2.04. The zero-order valence-electron chi connectivity index (χ0n) is 7.55. The molecule has 0 radical (unpaired) electrons. The Kier molecular flexibility index (Phi) is 5.72. The van der Waals surface area contributed by atoms with Crippen molar-refractivity contribution in [2.24, 2.45) is 0 Å². The summed E-state index contributed by atoms with van der Waals surface area (Å²) in [6, 6.07) is 1.83. The molecule has 3 nitrogen and oxygen atoms in total. The van der Waals surface area contributed by atoms with E-state index >= 15 is 0 Å². The van der Waals surface area contributed by atoms with Gasteiger partial charge >= 0.3 is 0 Å². The smallest absolute Gasteiger partial charge is 0.261 e. The number of rotatable bonds is 4. The van der Waals surface area contributed by atoms with E-state index in [9.17, 15) is 4.79 Å². The van der Waals surface area contributed by atoms with Gasteiger partial charge < -0.3 is 5.32 Å². The molecule has 3 heteroatoms. The Balaban J connectivity index is 3.81. The van der Waals surface area contributed by atoms with Gasteiger partial charge in [0.1, 0.15) is 11.6 Å². The third-order valence-corrected chi connectivity index (χ3v) is 1.47. The lowest BCUT2D eigenvalue weighted by Gasteiger charge is -2.01. The number of hydrogen-bond donors (Lipinski definition) is 1. The predicted molar refractivity (Wildman–Crippen MR) is 47.3 cm³/mol. The van der Waals surface area contributed by atoms with Crippen LogP contribution in [-0.4, -0.2) is 12.5 Å². The first-order valence-electron chi connectivity index (χ1n) is 4.10. The highest BCUT2D eigenvalue weighted by molar-refractivity contribution is 5.97. The van der Waals surface area contributed by atoms with E-state index in [2.05, 4.69) is 5.32 Å². The molecule has 0 saturated carbocycles. The van der Waals surface area contributed by atoms with Crippen LogP contribution in [0.25, 0.3) is 0 Å². The molecule has 0 fully saturated rings. The second kappa shape index (κ2) is 6.41. The molecule has 66 valence electrons. The van der Waals surface area contributed by atoms with Crippen molar-refractivity contribution in [3.05, 3.63) is 11.6 Å². The highest BCUT2D eigenvalue weighted by atomic mass is 16.1. The van der Waals surface area contributed by atoms with E-state index in [1.165, 1.54) is 6.08 Å². The van der Waals surface area contributed by atoms with Crippen LogP contribution in [-0.2, 0) is 4.79 Å². The van der Waals surface area contributed by atoms with Gasteiger partial charge in [0.15, 0.2) is 0 Å². The van der Waals surface area contributed by atoms with Crippen molar-refractivity contribution in [3.63, 3.8) is 0 Å². The van der Waals surface area contributed by atoms with Gasteiger partial charge in [0.25, 0.3) is 5.91 Å². The van der Waals surface area contributed by atoms with E-state index in [4.69, 9.17) is 5.26 Å². The number of amides is 1. The van der Waals surface area contributed by atoms with Gasteiger partial charge in [-0.1, -0.05) is 19.4 Å². The maximum absolute atomic E-state index is 11.1. The molecule has 0 heterocycles. The van der Waals surface area contributed by atoms with Gasteiger partial charge in [-0.2, -0.15) is 5.26 Å². The molecule has 1 amide bonds. The molecule has 0 unspecified atom stereocenters. The molecular formula is C9H14N2O. The molecule has 0 bridgehead atoms. The van der Waals surface area contributed by atoms with Crippen LogP contribution in [0.2, 0.25) is 0 Å². The lowest BCUT2D eigenvalue weighted by atomic mass is 10.2. The predicted octanol–water partition coefficient (Wildman–Crippen LogP) is 1.37. The SMILES string of the molecule is C/C=C(\C#N)C(=O)NCCCC. The van der Waals surface area contributed by atoms with E-state index in [0.717, 1.165) is 12.8 Å². The summed E-state index contributed by atoms with van der Waals surface area (Å²) in [5.41, 5.74) is 0.186. The number of allylic oxidation sites excluding steroid dienone is 1. The van der Waals surface area contributed by atoms with Gasteiger partial charge in [0.2, 0.25) is 0 Å². The number of nitrogens with one attached hydrogen (secondary N) is 1. The van der Waals surface area contributed by atoms with Crippen molar-refractivity contribution < 1.29 is 4.79 Å². The molecule has 0 rings (SSSR count). The molecule has 0 aliphatic carbocycles. The van der Waals surface area contributed by atoms with E-state index in [0.29, 0.717) is 6.54 Å². The fraction of sp³-hybridized carbons (Fsp3) is 0.556. The van der Waals surface area contributed by atoms with Crippen LogP contribution < -0.4 is 5.32 Å². The molecule has 1 N–H and O–H groups in total. The minimum Gasteiger partial charge on any atom is -0.351 e. The Morgan fingerprint density at radius 3 is 2.75 bits per heavy atom. The fourth-order valence-electron chi connectivity index (χ4n) is 0.720. The molecule has 0 atom stereocenters. The third kappa shape index (κ3) is 3.77. The quantitative estimate of drug-likeness (QED) is 0.389. The van der Waals surface area contributed by atoms with Crippen molar-refractivity contribution in [1.29, 1.82) is 5.26 Å². The Morgan fingerprint density at radius 1 is 1.67 bits per heavy atom. The molecule has 0 aromatic rings. The van der Waals surface area contributed by atoms with Gasteiger partial charge in [-0.15, -0.1) is 0 Å². The minimum atomic E-state index is -0.270. The summed E-state index contributed by atoms with van der Waals surface area (Å²) in [6.45, 7) is 4.37. The minimum absolute atomic E-state index is 0.186. The monoisotopic (exact) mass is 166 g/mol. The maximum Gasteiger partial charge on any atom is 0.261 e. The summed E-state index contributed by atoms with van der Waals surface area (Å²) in [6.07, 6.45) is 3.51. The van der Waals surface area contributed by atoms with Crippen molar-refractivity contribution in [3.8, 4) is 6.07 Å². The van der Waals surface area contributed by atoms with Gasteiger partial charge in [-0.3, -0.25) is 4.79 Å². The number of nitrogens with zero attached hydrogens (tertiary/aromatic N) is 1. The normalized spacial score (nSPS) is 10.6. The van der Waals surface area contributed by atoms with Gasteiger partial charge in [0, 0.05) is 6.54 Å². The molecule has 0 aromatic carbocycles. The van der Waals surface area contributed by atoms with Crippen LogP contribution in [0.3, 0.4) is 0 Å². The third-order valence-electron chi connectivity index (χ3n) is 1.47. The number of hydrogen-bond acceptors (Lipinski definition) is 2. The standard InChI is InChI=1S/C9H14N2O/c1-3-5-6-11-9(12)8(4-2)7-10/h4H,3,5-6H2,1-2H3,(H,11,12)/b8-4+. The van der Waals surface area contributed by atoms with Crippen molar-refractivity contribution in [1.82, 2.24) is 5.32 Å².